The van der Waals surface area contributed by atoms with E-state index in [1.54, 1.807) is 0 Å². The van der Waals surface area contributed by atoms with Gasteiger partial charge < -0.3 is 14.5 Å². The highest BCUT2D eigenvalue weighted by Gasteiger charge is 2.38. The Kier molecular flexibility index (Phi) is 3.89. The zero-order chi connectivity index (χ0) is 12.5. The van der Waals surface area contributed by atoms with E-state index in [0.717, 1.165) is 38.2 Å². The van der Waals surface area contributed by atoms with E-state index in [2.05, 4.69) is 28.8 Å². The predicted molar refractivity (Wildman–Crippen MR) is 72.8 cm³/mol. The normalized spacial score (nSPS) is 37.0. The summed E-state index contributed by atoms with van der Waals surface area (Å²) in [4.78, 5) is 7.53. The second-order valence-electron chi connectivity index (χ2n) is 6.42. The van der Waals surface area contributed by atoms with Crippen molar-refractivity contribution >= 4 is 0 Å². The van der Waals surface area contributed by atoms with E-state index in [1.807, 2.05) is 0 Å². The number of nitrogens with zero attached hydrogens (tertiary/aromatic N) is 3. The first-order chi connectivity index (χ1) is 8.72. The molecular weight excluding hydrogens is 226 g/mol. The average molecular weight is 253 g/mol. The number of likely N-dealkylation sites (tertiary alicyclic amines) is 2. The van der Waals surface area contributed by atoms with Crippen LogP contribution in [0.25, 0.3) is 0 Å². The molecule has 3 aliphatic rings. The summed E-state index contributed by atoms with van der Waals surface area (Å²) in [6.07, 6.45) is 3.25. The van der Waals surface area contributed by atoms with Crippen molar-refractivity contribution in [1.82, 2.24) is 14.7 Å². The number of ether oxygens (including phenoxy) is 1. The molecule has 3 fully saturated rings. The first-order valence-corrected chi connectivity index (χ1v) is 7.45. The lowest BCUT2D eigenvalue weighted by atomic mass is 9.89. The highest BCUT2D eigenvalue weighted by atomic mass is 16.5. The standard InChI is InChI=1S/C14H27N3O/c1-15-6-7-18-13(10-15)11-17-8-12(9-17)14-4-3-5-16(14)2/h12-14H,3-11H2,1-2H3. The SMILES string of the molecule is CN1CCOC(CN2CC(C3CCCN3C)C2)C1. The van der Waals surface area contributed by atoms with Gasteiger partial charge in [-0.15, -0.1) is 0 Å². The van der Waals surface area contributed by atoms with Crippen LogP contribution in [0.5, 0.6) is 0 Å². The Morgan fingerprint density at radius 3 is 2.61 bits per heavy atom. The molecule has 0 aromatic rings. The number of likely N-dealkylation sites (N-methyl/N-ethyl adjacent to an activating group) is 1. The molecule has 0 spiro atoms. The van der Waals surface area contributed by atoms with Crippen LogP contribution in [-0.2, 0) is 4.74 Å². The summed E-state index contributed by atoms with van der Waals surface area (Å²) in [5.41, 5.74) is 0. The highest BCUT2D eigenvalue weighted by Crippen LogP contribution is 2.29. The van der Waals surface area contributed by atoms with Crippen LogP contribution >= 0.6 is 0 Å². The summed E-state index contributed by atoms with van der Waals surface area (Å²) in [5, 5.41) is 0. The molecule has 3 aliphatic heterocycles. The third kappa shape index (κ3) is 2.72. The molecule has 0 aromatic carbocycles. The van der Waals surface area contributed by atoms with Crippen LogP contribution in [0.4, 0.5) is 0 Å². The molecule has 0 radical (unpaired) electrons. The lowest BCUT2D eigenvalue weighted by molar-refractivity contribution is -0.0593. The Bertz CT molecular complexity index is 280. The van der Waals surface area contributed by atoms with Crippen molar-refractivity contribution in [2.75, 3.05) is 60.0 Å². The number of hydrogen-bond donors (Lipinski definition) is 0. The van der Waals surface area contributed by atoms with Crippen molar-refractivity contribution < 1.29 is 4.74 Å². The van der Waals surface area contributed by atoms with Crippen molar-refractivity contribution in [3.8, 4) is 0 Å². The van der Waals surface area contributed by atoms with E-state index in [0.29, 0.717) is 6.10 Å². The van der Waals surface area contributed by atoms with Crippen LogP contribution in [0.15, 0.2) is 0 Å². The van der Waals surface area contributed by atoms with E-state index in [-0.39, 0.29) is 0 Å². The molecule has 0 bridgehead atoms. The Morgan fingerprint density at radius 2 is 1.94 bits per heavy atom. The number of morpholine rings is 1. The molecule has 0 saturated carbocycles. The van der Waals surface area contributed by atoms with Crippen molar-refractivity contribution in [2.45, 2.75) is 25.0 Å². The maximum Gasteiger partial charge on any atom is 0.0829 e. The third-order valence-corrected chi connectivity index (χ3v) is 4.91. The third-order valence-electron chi connectivity index (χ3n) is 4.91. The van der Waals surface area contributed by atoms with E-state index < -0.39 is 0 Å². The minimum atomic E-state index is 0.436. The van der Waals surface area contributed by atoms with Gasteiger partial charge in [-0.05, 0) is 39.4 Å². The van der Waals surface area contributed by atoms with Crippen LogP contribution in [-0.4, -0.2) is 86.8 Å². The van der Waals surface area contributed by atoms with Crippen LogP contribution in [0.2, 0.25) is 0 Å². The minimum absolute atomic E-state index is 0.436. The molecular formula is C14H27N3O. The zero-order valence-corrected chi connectivity index (χ0v) is 11.8. The molecule has 3 heterocycles. The molecule has 3 rings (SSSR count). The molecule has 104 valence electrons. The van der Waals surface area contributed by atoms with Gasteiger partial charge in [0.2, 0.25) is 0 Å². The van der Waals surface area contributed by atoms with Gasteiger partial charge in [0.25, 0.3) is 0 Å². The molecule has 4 heteroatoms. The fraction of sp³-hybridized carbons (Fsp3) is 1.00. The number of rotatable bonds is 3. The topological polar surface area (TPSA) is 19.0 Å². The molecule has 2 atom stereocenters. The first kappa shape index (κ1) is 12.9. The molecule has 4 nitrogen and oxygen atoms in total. The van der Waals surface area contributed by atoms with Gasteiger partial charge >= 0.3 is 0 Å². The summed E-state index contributed by atoms with van der Waals surface area (Å²) >= 11 is 0. The maximum atomic E-state index is 5.84. The van der Waals surface area contributed by atoms with Crippen molar-refractivity contribution in [2.24, 2.45) is 5.92 Å². The second-order valence-corrected chi connectivity index (χ2v) is 6.42. The van der Waals surface area contributed by atoms with E-state index in [1.165, 1.54) is 32.5 Å². The largest absolute Gasteiger partial charge is 0.374 e. The molecule has 0 amide bonds. The predicted octanol–water partition coefficient (Wildman–Crippen LogP) is 0.343. The Hall–Kier alpha value is -0.160. The molecule has 18 heavy (non-hydrogen) atoms. The van der Waals surface area contributed by atoms with Crippen molar-refractivity contribution in [3.63, 3.8) is 0 Å². The van der Waals surface area contributed by atoms with Gasteiger partial charge in [0, 0.05) is 38.8 Å². The Morgan fingerprint density at radius 1 is 1.11 bits per heavy atom. The highest BCUT2D eigenvalue weighted by molar-refractivity contribution is 4.93. The zero-order valence-electron chi connectivity index (χ0n) is 11.8. The van der Waals surface area contributed by atoms with Crippen LogP contribution in [0, 0.1) is 5.92 Å². The fourth-order valence-electron chi connectivity index (χ4n) is 3.80. The first-order valence-electron chi connectivity index (χ1n) is 7.45. The van der Waals surface area contributed by atoms with Crippen molar-refractivity contribution in [3.05, 3.63) is 0 Å². The van der Waals surface area contributed by atoms with Gasteiger partial charge in [-0.2, -0.15) is 0 Å². The quantitative estimate of drug-likeness (QED) is 0.722. The Balaban J connectivity index is 1.39. The molecule has 2 unspecified atom stereocenters. The summed E-state index contributed by atoms with van der Waals surface area (Å²) in [5.74, 6) is 0.916. The summed E-state index contributed by atoms with van der Waals surface area (Å²) < 4.78 is 5.84. The van der Waals surface area contributed by atoms with E-state index >= 15 is 0 Å². The van der Waals surface area contributed by atoms with E-state index in [9.17, 15) is 0 Å². The molecule has 0 aliphatic carbocycles. The monoisotopic (exact) mass is 253 g/mol. The number of hydrogen-bond acceptors (Lipinski definition) is 4. The summed E-state index contributed by atoms with van der Waals surface area (Å²) in [6.45, 7) is 8.12. The van der Waals surface area contributed by atoms with Crippen LogP contribution < -0.4 is 0 Å². The minimum Gasteiger partial charge on any atom is -0.374 e. The van der Waals surface area contributed by atoms with Crippen LogP contribution in [0.1, 0.15) is 12.8 Å². The molecule has 3 saturated heterocycles. The smallest absolute Gasteiger partial charge is 0.0829 e. The Labute approximate surface area is 111 Å². The van der Waals surface area contributed by atoms with Crippen LogP contribution in [0.3, 0.4) is 0 Å². The van der Waals surface area contributed by atoms with Gasteiger partial charge in [-0.25, -0.2) is 0 Å². The van der Waals surface area contributed by atoms with Gasteiger partial charge in [0.1, 0.15) is 0 Å². The molecule has 0 aromatic heterocycles. The second kappa shape index (κ2) is 5.45. The van der Waals surface area contributed by atoms with Crippen molar-refractivity contribution in [1.29, 1.82) is 0 Å². The van der Waals surface area contributed by atoms with Gasteiger partial charge in [0.15, 0.2) is 0 Å². The van der Waals surface area contributed by atoms with E-state index in [4.69, 9.17) is 4.74 Å². The van der Waals surface area contributed by atoms with Gasteiger partial charge in [-0.1, -0.05) is 0 Å². The van der Waals surface area contributed by atoms with Gasteiger partial charge in [0.05, 0.1) is 12.7 Å². The lowest BCUT2D eigenvalue weighted by Gasteiger charge is -2.46. The maximum absolute atomic E-state index is 5.84. The summed E-state index contributed by atoms with van der Waals surface area (Å²) in [6, 6.07) is 0.858. The molecule has 0 N–H and O–H groups in total. The fourth-order valence-corrected chi connectivity index (χ4v) is 3.80. The average Bonchev–Trinajstić information content (AvgIpc) is 2.69. The van der Waals surface area contributed by atoms with Gasteiger partial charge in [-0.3, -0.25) is 4.90 Å². The lowest BCUT2D eigenvalue weighted by Crippen LogP contribution is -2.57. The summed E-state index contributed by atoms with van der Waals surface area (Å²) in [7, 11) is 4.49.